The number of amides is 1. The maximum atomic E-state index is 12.8. The third-order valence-electron chi connectivity index (χ3n) is 6.64. The van der Waals surface area contributed by atoms with Gasteiger partial charge >= 0.3 is 0 Å². The summed E-state index contributed by atoms with van der Waals surface area (Å²) in [6.07, 6.45) is 4.10. The molecule has 160 valence electrons. The van der Waals surface area contributed by atoms with Crippen LogP contribution < -0.4 is 11.1 Å². The molecule has 7 nitrogen and oxygen atoms in total. The summed E-state index contributed by atoms with van der Waals surface area (Å²) < 4.78 is 1.92. The van der Waals surface area contributed by atoms with E-state index in [9.17, 15) is 4.79 Å². The maximum absolute atomic E-state index is 12.8. The third kappa shape index (κ3) is 4.32. The van der Waals surface area contributed by atoms with Gasteiger partial charge in [0, 0.05) is 30.4 Å². The summed E-state index contributed by atoms with van der Waals surface area (Å²) in [7, 11) is 0. The molecule has 1 amide bonds. The molecule has 0 saturated carbocycles. The molecule has 3 N–H and O–H groups in total. The Kier molecular flexibility index (Phi) is 5.42. The number of nitrogens with one attached hydrogen (secondary N) is 1. The SMILES string of the molecule is Nc1cccc(-c2cn(C[C@H]3C[C@H]4CCN3C[C@H]4C(=O)NCc3ccccc3)nn2)c1. The van der Waals surface area contributed by atoms with Crippen LogP contribution in [0.15, 0.2) is 60.8 Å². The lowest BCUT2D eigenvalue weighted by Gasteiger charge is -2.49. The van der Waals surface area contributed by atoms with Crippen molar-refractivity contribution in [1.82, 2.24) is 25.2 Å². The van der Waals surface area contributed by atoms with Crippen LogP contribution in [0.25, 0.3) is 11.3 Å². The summed E-state index contributed by atoms with van der Waals surface area (Å²) in [5.41, 5.74) is 9.56. The molecule has 6 rings (SSSR count). The van der Waals surface area contributed by atoms with Crippen molar-refractivity contribution >= 4 is 11.6 Å². The number of benzene rings is 2. The Morgan fingerprint density at radius 1 is 1.16 bits per heavy atom. The summed E-state index contributed by atoms with van der Waals surface area (Å²) in [6.45, 7) is 3.27. The molecule has 3 aliphatic heterocycles. The molecular formula is C24H28N6O. The minimum atomic E-state index is 0.0762. The highest BCUT2D eigenvalue weighted by molar-refractivity contribution is 5.79. The van der Waals surface area contributed by atoms with E-state index in [4.69, 9.17) is 5.73 Å². The van der Waals surface area contributed by atoms with Crippen molar-refractivity contribution in [3.63, 3.8) is 0 Å². The number of piperidine rings is 3. The third-order valence-corrected chi connectivity index (χ3v) is 6.64. The maximum Gasteiger partial charge on any atom is 0.224 e. The summed E-state index contributed by atoms with van der Waals surface area (Å²) in [6, 6.07) is 18.2. The van der Waals surface area contributed by atoms with E-state index < -0.39 is 0 Å². The van der Waals surface area contributed by atoms with Crippen LogP contribution in [0, 0.1) is 11.8 Å². The zero-order valence-corrected chi connectivity index (χ0v) is 17.5. The minimum Gasteiger partial charge on any atom is -0.399 e. The second-order valence-electron chi connectivity index (χ2n) is 8.69. The number of carbonyl (C=O) groups is 1. The highest BCUT2D eigenvalue weighted by Gasteiger charge is 2.43. The molecule has 0 radical (unpaired) electrons. The van der Waals surface area contributed by atoms with Crippen molar-refractivity contribution in [1.29, 1.82) is 0 Å². The summed E-state index contributed by atoms with van der Waals surface area (Å²) in [4.78, 5) is 15.3. The van der Waals surface area contributed by atoms with Gasteiger partial charge in [-0.3, -0.25) is 14.4 Å². The fourth-order valence-corrected chi connectivity index (χ4v) is 4.98. The van der Waals surface area contributed by atoms with Gasteiger partial charge < -0.3 is 11.1 Å². The fraction of sp³-hybridized carbons (Fsp3) is 0.375. The number of hydrogen-bond donors (Lipinski definition) is 2. The second-order valence-corrected chi connectivity index (χ2v) is 8.69. The molecule has 3 fully saturated rings. The fourth-order valence-electron chi connectivity index (χ4n) is 4.98. The smallest absolute Gasteiger partial charge is 0.224 e. The van der Waals surface area contributed by atoms with E-state index in [2.05, 4.69) is 20.5 Å². The molecule has 0 aliphatic carbocycles. The molecule has 1 aromatic heterocycles. The standard InChI is InChI=1S/C24H28N6O/c25-20-8-4-7-19(11-20)23-16-30(28-27-23)14-21-12-18-9-10-29(21)15-22(18)24(31)26-13-17-5-2-1-3-6-17/h1-8,11,16,18,21-22H,9-10,12-15,25H2,(H,26,31)/t18-,21-,22-/m1/s1. The van der Waals surface area contributed by atoms with E-state index in [1.807, 2.05) is 65.5 Å². The number of fused-ring (bicyclic) bond motifs is 3. The van der Waals surface area contributed by atoms with Crippen molar-refractivity contribution in [2.75, 3.05) is 18.8 Å². The van der Waals surface area contributed by atoms with Crippen LogP contribution in [0.5, 0.6) is 0 Å². The van der Waals surface area contributed by atoms with E-state index in [1.165, 1.54) is 0 Å². The summed E-state index contributed by atoms with van der Waals surface area (Å²) in [5, 5.41) is 11.8. The van der Waals surface area contributed by atoms with Crippen molar-refractivity contribution in [2.45, 2.75) is 32.0 Å². The molecule has 0 spiro atoms. The minimum absolute atomic E-state index is 0.0762. The largest absolute Gasteiger partial charge is 0.399 e. The van der Waals surface area contributed by atoms with E-state index in [-0.39, 0.29) is 11.8 Å². The molecule has 4 atom stereocenters. The highest BCUT2D eigenvalue weighted by Crippen LogP contribution is 2.37. The predicted molar refractivity (Wildman–Crippen MR) is 120 cm³/mol. The van der Waals surface area contributed by atoms with E-state index in [1.54, 1.807) is 0 Å². The number of nitrogens with two attached hydrogens (primary N) is 1. The molecule has 7 heteroatoms. The van der Waals surface area contributed by atoms with Gasteiger partial charge in [0.25, 0.3) is 0 Å². The van der Waals surface area contributed by atoms with Crippen LogP contribution in [0.3, 0.4) is 0 Å². The first-order chi connectivity index (χ1) is 15.2. The van der Waals surface area contributed by atoms with Crippen LogP contribution in [0.2, 0.25) is 0 Å². The summed E-state index contributed by atoms with van der Waals surface area (Å²) >= 11 is 0. The first-order valence-corrected chi connectivity index (χ1v) is 11.0. The van der Waals surface area contributed by atoms with Crippen LogP contribution in [0.1, 0.15) is 18.4 Å². The molecule has 2 aromatic carbocycles. The molecule has 31 heavy (non-hydrogen) atoms. The average molecular weight is 417 g/mol. The van der Waals surface area contributed by atoms with Crippen LogP contribution in [-0.4, -0.2) is 44.9 Å². The lowest BCUT2D eigenvalue weighted by Crippen LogP contribution is -2.57. The van der Waals surface area contributed by atoms with Gasteiger partial charge in [0.15, 0.2) is 0 Å². The second kappa shape index (κ2) is 8.51. The monoisotopic (exact) mass is 416 g/mol. The Balaban J connectivity index is 1.19. The zero-order valence-electron chi connectivity index (χ0n) is 17.5. The van der Waals surface area contributed by atoms with Gasteiger partial charge in [0.05, 0.1) is 18.7 Å². The molecule has 3 aliphatic rings. The van der Waals surface area contributed by atoms with Crippen LogP contribution >= 0.6 is 0 Å². The average Bonchev–Trinajstić information content (AvgIpc) is 3.27. The number of aromatic nitrogens is 3. The van der Waals surface area contributed by atoms with E-state index in [0.29, 0.717) is 18.5 Å². The Morgan fingerprint density at radius 2 is 2.03 bits per heavy atom. The Bertz CT molecular complexity index is 1050. The van der Waals surface area contributed by atoms with Gasteiger partial charge in [-0.25, -0.2) is 0 Å². The Labute approximate surface area is 182 Å². The van der Waals surface area contributed by atoms with Crippen molar-refractivity contribution in [3.05, 3.63) is 66.4 Å². The van der Waals surface area contributed by atoms with Gasteiger partial charge in [0.1, 0.15) is 5.69 Å². The molecular weight excluding hydrogens is 388 g/mol. The van der Waals surface area contributed by atoms with Gasteiger partial charge in [-0.2, -0.15) is 0 Å². The topological polar surface area (TPSA) is 89.1 Å². The van der Waals surface area contributed by atoms with Gasteiger partial charge in [0.2, 0.25) is 5.91 Å². The van der Waals surface area contributed by atoms with Gasteiger partial charge in [-0.05, 0) is 43.0 Å². The van der Waals surface area contributed by atoms with Gasteiger partial charge in [-0.15, -0.1) is 5.10 Å². The number of rotatable bonds is 6. The normalized spacial score (nSPS) is 24.8. The zero-order chi connectivity index (χ0) is 21.2. The molecule has 1 unspecified atom stereocenters. The number of anilines is 1. The first-order valence-electron chi connectivity index (χ1n) is 11.0. The summed E-state index contributed by atoms with van der Waals surface area (Å²) in [5.74, 6) is 0.691. The lowest BCUT2D eigenvalue weighted by molar-refractivity contribution is -0.133. The van der Waals surface area contributed by atoms with E-state index >= 15 is 0 Å². The molecule has 2 bridgehead atoms. The lowest BCUT2D eigenvalue weighted by atomic mass is 9.75. The first kappa shape index (κ1) is 19.8. The van der Waals surface area contributed by atoms with E-state index in [0.717, 1.165) is 55.0 Å². The molecule has 3 aromatic rings. The predicted octanol–water partition coefficient (Wildman–Crippen LogP) is 2.55. The van der Waals surface area contributed by atoms with Crippen molar-refractivity contribution in [3.8, 4) is 11.3 Å². The number of nitrogens with zero attached hydrogens (tertiary/aromatic N) is 4. The van der Waals surface area contributed by atoms with Gasteiger partial charge in [-0.1, -0.05) is 47.7 Å². The number of carbonyl (C=O) groups excluding carboxylic acids is 1. The van der Waals surface area contributed by atoms with Crippen molar-refractivity contribution in [2.24, 2.45) is 11.8 Å². The van der Waals surface area contributed by atoms with Crippen molar-refractivity contribution < 1.29 is 4.79 Å². The molecule has 3 saturated heterocycles. The number of hydrogen-bond acceptors (Lipinski definition) is 5. The number of nitrogen functional groups attached to an aromatic ring is 1. The Morgan fingerprint density at radius 3 is 2.81 bits per heavy atom. The Hall–Kier alpha value is -3.19. The highest BCUT2D eigenvalue weighted by atomic mass is 16.1. The quantitative estimate of drug-likeness (QED) is 0.603. The van der Waals surface area contributed by atoms with Crippen LogP contribution in [0.4, 0.5) is 5.69 Å². The molecule has 4 heterocycles. The van der Waals surface area contributed by atoms with Crippen LogP contribution in [-0.2, 0) is 17.9 Å².